The van der Waals surface area contributed by atoms with Gasteiger partial charge in [0.1, 0.15) is 0 Å². The molecule has 2 aromatic rings. The van der Waals surface area contributed by atoms with Crippen LogP contribution in [0.25, 0.3) is 16.9 Å². The van der Waals surface area contributed by atoms with E-state index in [4.69, 9.17) is 0 Å². The Balaban J connectivity index is 0.00000833. The Morgan fingerprint density at radius 1 is 0.367 bits per heavy atom. The first-order valence-corrected chi connectivity index (χ1v) is 20.7. The molecule has 0 amide bonds. The molecule has 2 aromatic carbocycles. The summed E-state index contributed by atoms with van der Waals surface area (Å²) in [5.74, 6) is 0. The molecule has 0 saturated heterocycles. The monoisotopic (exact) mass is 711 g/mol. The van der Waals surface area contributed by atoms with Gasteiger partial charge >= 0.3 is 0 Å². The summed E-state index contributed by atoms with van der Waals surface area (Å²) in [7, 11) is 0. The number of benzene rings is 2. The maximum absolute atomic E-state index is 12.5. The van der Waals surface area contributed by atoms with Crippen LogP contribution in [0.3, 0.4) is 0 Å². The van der Waals surface area contributed by atoms with Crippen molar-refractivity contribution in [2.24, 2.45) is 0 Å². The number of hydrogen-bond acceptors (Lipinski definition) is 0. The number of hydrogen-bond donors (Lipinski definition) is 0. The SMILES string of the molecule is CCCCCCC1=C(c2cc(CCCC)cc(CCCCCC)c2)[N+](=[N-])C(c2cc(CCCC)cc(CCCCCC)c2)=C1CCCC.[Ni]. The second kappa shape index (κ2) is 25.0. The predicted octanol–water partition coefficient (Wildman–Crippen LogP) is 14.9. The molecule has 1 heterocycles. The third kappa shape index (κ3) is 13.9. The van der Waals surface area contributed by atoms with Gasteiger partial charge in [0, 0.05) is 38.8 Å². The number of rotatable bonds is 26. The summed E-state index contributed by atoms with van der Waals surface area (Å²) in [5.41, 5.74) is 25.7. The van der Waals surface area contributed by atoms with E-state index in [2.05, 4.69) is 77.9 Å². The molecule has 0 fully saturated rings. The minimum atomic E-state index is 0. The van der Waals surface area contributed by atoms with Crippen molar-refractivity contribution in [3.05, 3.63) is 86.5 Å². The van der Waals surface area contributed by atoms with Crippen molar-refractivity contribution in [3.63, 3.8) is 0 Å². The first kappa shape index (κ1) is 43.2. The minimum Gasteiger partial charge on any atom is -0.493 e. The molecule has 3 heteroatoms. The summed E-state index contributed by atoms with van der Waals surface area (Å²) < 4.78 is 1.67. The standard InChI is InChI=1S/C46H72N2.Ni/c1-7-13-19-22-27-39-31-37(25-16-10-4)33-41(35-39)45-43(29-18-12-6)44(30-24-21-15-9-3)46(48(45)47)42-34-38(26-17-11-5)32-40(36-42)28-23-20-14-8-2;/h31-36H,7-30H2,1-6H3;. The zero-order valence-corrected chi connectivity index (χ0v) is 33.6. The molecule has 0 saturated carbocycles. The molecule has 1 aliphatic rings. The van der Waals surface area contributed by atoms with Gasteiger partial charge in [0.05, 0.1) is 0 Å². The molecule has 0 atom stereocenters. The van der Waals surface area contributed by atoms with Crippen LogP contribution < -0.4 is 0 Å². The van der Waals surface area contributed by atoms with Crippen LogP contribution in [0.4, 0.5) is 0 Å². The maximum atomic E-state index is 12.5. The van der Waals surface area contributed by atoms with Crippen LogP contribution in [-0.4, -0.2) is 4.70 Å². The van der Waals surface area contributed by atoms with Crippen LogP contribution in [0.15, 0.2) is 47.5 Å². The average Bonchev–Trinajstić information content (AvgIpc) is 3.37. The number of aryl methyl sites for hydroxylation is 4. The number of unbranched alkanes of at least 4 members (excludes halogenated alkanes) is 12. The summed E-state index contributed by atoms with van der Waals surface area (Å²) in [5, 5.41) is 0. The summed E-state index contributed by atoms with van der Waals surface area (Å²) in [4.78, 5) is 0. The first-order valence-electron chi connectivity index (χ1n) is 20.7. The van der Waals surface area contributed by atoms with Gasteiger partial charge in [-0.3, -0.25) is 0 Å². The molecule has 276 valence electrons. The largest absolute Gasteiger partial charge is 0.493 e. The summed E-state index contributed by atoms with van der Waals surface area (Å²) in [6.07, 6.45) is 28.9. The quantitative estimate of drug-likeness (QED) is 0.0527. The van der Waals surface area contributed by atoms with Crippen molar-refractivity contribution in [2.75, 3.05) is 0 Å². The van der Waals surface area contributed by atoms with E-state index in [-0.39, 0.29) is 16.5 Å². The molecule has 0 N–H and O–H groups in total. The topological polar surface area (TPSA) is 25.3 Å². The Labute approximate surface area is 313 Å². The van der Waals surface area contributed by atoms with Gasteiger partial charge in [0.25, 0.3) is 0 Å². The smallest absolute Gasteiger partial charge is 0.211 e. The van der Waals surface area contributed by atoms with E-state index in [0.717, 1.165) is 62.8 Å². The second-order valence-electron chi connectivity index (χ2n) is 14.8. The molecule has 0 bridgehead atoms. The normalized spacial score (nSPS) is 13.1. The van der Waals surface area contributed by atoms with Crippen LogP contribution >= 0.6 is 0 Å². The fourth-order valence-corrected chi connectivity index (χ4v) is 7.52. The molecule has 0 unspecified atom stereocenters. The van der Waals surface area contributed by atoms with Gasteiger partial charge in [-0.05, 0) is 124 Å². The van der Waals surface area contributed by atoms with E-state index in [9.17, 15) is 5.53 Å². The molecule has 0 aromatic heterocycles. The molecule has 0 spiro atoms. The Morgan fingerprint density at radius 3 is 1.00 bits per heavy atom. The van der Waals surface area contributed by atoms with Gasteiger partial charge in [-0.1, -0.05) is 131 Å². The molecular formula is C46H72N2Ni. The minimum absolute atomic E-state index is 0. The summed E-state index contributed by atoms with van der Waals surface area (Å²) in [6, 6.07) is 14.6. The molecule has 1 aliphatic heterocycles. The van der Waals surface area contributed by atoms with E-state index in [0.29, 0.717) is 0 Å². The summed E-state index contributed by atoms with van der Waals surface area (Å²) in [6.45, 7) is 13.8. The van der Waals surface area contributed by atoms with E-state index in [1.165, 1.54) is 147 Å². The fourth-order valence-electron chi connectivity index (χ4n) is 7.52. The van der Waals surface area contributed by atoms with Gasteiger partial charge in [0.15, 0.2) is 0 Å². The fraction of sp³-hybridized carbons (Fsp3) is 0.652. The van der Waals surface area contributed by atoms with Crippen molar-refractivity contribution in [1.82, 2.24) is 0 Å². The van der Waals surface area contributed by atoms with Crippen molar-refractivity contribution in [3.8, 4) is 0 Å². The maximum Gasteiger partial charge on any atom is 0.211 e. The zero-order valence-electron chi connectivity index (χ0n) is 32.6. The van der Waals surface area contributed by atoms with E-state index >= 15 is 0 Å². The predicted molar refractivity (Wildman–Crippen MR) is 212 cm³/mol. The zero-order chi connectivity index (χ0) is 34.6. The van der Waals surface area contributed by atoms with Crippen molar-refractivity contribution >= 4 is 11.4 Å². The molecular weight excluding hydrogens is 639 g/mol. The number of nitrogens with zero attached hydrogens (tertiary/aromatic N) is 2. The van der Waals surface area contributed by atoms with Gasteiger partial charge in [0.2, 0.25) is 11.4 Å². The van der Waals surface area contributed by atoms with Crippen molar-refractivity contribution < 1.29 is 21.2 Å². The molecule has 0 aliphatic carbocycles. The molecule has 3 rings (SSSR count). The van der Waals surface area contributed by atoms with Gasteiger partial charge in [-0.2, -0.15) is 0 Å². The van der Waals surface area contributed by atoms with E-state index in [1.807, 2.05) is 0 Å². The average molecular weight is 712 g/mol. The molecule has 2 nitrogen and oxygen atoms in total. The van der Waals surface area contributed by atoms with E-state index < -0.39 is 0 Å². The van der Waals surface area contributed by atoms with Crippen LogP contribution in [-0.2, 0) is 42.2 Å². The first-order chi connectivity index (χ1) is 23.5. The molecule has 0 radical (unpaired) electrons. The Hall–Kier alpha value is -1.99. The number of allylic oxidation sites excluding steroid dienone is 2. The van der Waals surface area contributed by atoms with E-state index in [1.54, 1.807) is 4.70 Å². The Bertz CT molecular complexity index is 1320. The van der Waals surface area contributed by atoms with Crippen molar-refractivity contribution in [2.45, 2.75) is 196 Å². The van der Waals surface area contributed by atoms with Gasteiger partial charge in [-0.15, -0.1) is 0 Å². The van der Waals surface area contributed by atoms with Crippen molar-refractivity contribution in [1.29, 1.82) is 0 Å². The van der Waals surface area contributed by atoms with Crippen LogP contribution in [0.2, 0.25) is 0 Å². The second-order valence-corrected chi connectivity index (χ2v) is 14.8. The van der Waals surface area contributed by atoms with Crippen LogP contribution in [0, 0.1) is 0 Å². The Morgan fingerprint density at radius 2 is 0.653 bits per heavy atom. The third-order valence-electron chi connectivity index (χ3n) is 10.3. The van der Waals surface area contributed by atoms with Gasteiger partial charge < -0.3 is 5.53 Å². The van der Waals surface area contributed by atoms with Crippen LogP contribution in [0.1, 0.15) is 203 Å². The van der Waals surface area contributed by atoms with Crippen LogP contribution in [0.5, 0.6) is 0 Å². The van der Waals surface area contributed by atoms with Gasteiger partial charge in [-0.25, -0.2) is 4.70 Å². The molecule has 49 heavy (non-hydrogen) atoms. The Kier molecular flexibility index (Phi) is 22.1. The third-order valence-corrected chi connectivity index (χ3v) is 10.3. The summed E-state index contributed by atoms with van der Waals surface area (Å²) >= 11 is 0.